The van der Waals surface area contributed by atoms with Gasteiger partial charge in [-0.05, 0) is 48.4 Å². The molecule has 0 aliphatic carbocycles. The Balaban J connectivity index is 1.23. The lowest BCUT2D eigenvalue weighted by atomic mass is 10.1. The molecular weight excluding hydrogens is 446 g/mol. The lowest BCUT2D eigenvalue weighted by Crippen LogP contribution is -2.49. The highest BCUT2D eigenvalue weighted by Crippen LogP contribution is 2.27. The van der Waals surface area contributed by atoms with E-state index in [0.717, 1.165) is 11.1 Å². The molecule has 1 N–H and O–H groups in total. The van der Waals surface area contributed by atoms with E-state index in [1.54, 1.807) is 43.8 Å². The monoisotopic (exact) mass is 475 g/mol. The molecular formula is C26H29N5O4. The van der Waals surface area contributed by atoms with Crippen LogP contribution in [0.25, 0.3) is 0 Å². The van der Waals surface area contributed by atoms with Gasteiger partial charge in [0.05, 0.1) is 13.5 Å². The minimum atomic E-state index is -0.281. The second-order valence-corrected chi connectivity index (χ2v) is 8.28. The van der Waals surface area contributed by atoms with Crippen LogP contribution in [0.1, 0.15) is 11.1 Å². The number of nitrogens with one attached hydrogen (secondary N) is 1. The van der Waals surface area contributed by atoms with E-state index in [-0.39, 0.29) is 18.4 Å². The highest BCUT2D eigenvalue weighted by molar-refractivity contribution is 5.92. The van der Waals surface area contributed by atoms with Crippen molar-refractivity contribution in [1.82, 2.24) is 14.9 Å². The van der Waals surface area contributed by atoms with E-state index in [2.05, 4.69) is 20.2 Å². The second-order valence-electron chi connectivity index (χ2n) is 8.28. The van der Waals surface area contributed by atoms with Crippen LogP contribution in [0, 0.1) is 6.92 Å². The summed E-state index contributed by atoms with van der Waals surface area (Å²) in [6, 6.07) is 14.6. The van der Waals surface area contributed by atoms with Crippen molar-refractivity contribution in [2.24, 2.45) is 0 Å². The summed E-state index contributed by atoms with van der Waals surface area (Å²) in [7, 11) is 1.56. The van der Waals surface area contributed by atoms with Gasteiger partial charge in [-0.25, -0.2) is 9.97 Å². The highest BCUT2D eigenvalue weighted by Gasteiger charge is 2.22. The Bertz CT molecular complexity index is 1150. The normalized spacial score (nSPS) is 13.3. The van der Waals surface area contributed by atoms with Crippen LogP contribution in [0.3, 0.4) is 0 Å². The first-order chi connectivity index (χ1) is 17.0. The van der Waals surface area contributed by atoms with Gasteiger partial charge in [-0.1, -0.05) is 18.2 Å². The number of hydrogen-bond donors (Lipinski definition) is 1. The number of anilines is 2. The van der Waals surface area contributed by atoms with E-state index in [1.807, 2.05) is 36.1 Å². The van der Waals surface area contributed by atoms with Crippen LogP contribution < -0.4 is 19.7 Å². The van der Waals surface area contributed by atoms with Crippen molar-refractivity contribution in [3.8, 4) is 11.5 Å². The summed E-state index contributed by atoms with van der Waals surface area (Å²) in [6.45, 7) is 4.50. The average molecular weight is 476 g/mol. The van der Waals surface area contributed by atoms with E-state index in [4.69, 9.17) is 9.47 Å². The lowest BCUT2D eigenvalue weighted by Gasteiger charge is -2.34. The molecule has 0 spiro atoms. The van der Waals surface area contributed by atoms with Crippen LogP contribution in [0.2, 0.25) is 0 Å². The number of piperazine rings is 1. The van der Waals surface area contributed by atoms with Gasteiger partial charge in [-0.2, -0.15) is 0 Å². The standard InChI is InChI=1S/C26H29N5O4/c1-19-4-9-22(23(16-19)34-2)35-18-24(32)29-21-7-5-20(6-8-21)17-25(33)30-12-14-31(15-13-30)26-27-10-3-11-28-26/h3-11,16H,12-15,17-18H2,1-2H3,(H,29,32). The molecule has 1 aromatic heterocycles. The maximum absolute atomic E-state index is 12.7. The summed E-state index contributed by atoms with van der Waals surface area (Å²) < 4.78 is 10.9. The number of carbonyl (C=O) groups excluding carboxylic acids is 2. The van der Waals surface area contributed by atoms with Gasteiger partial charge in [0.25, 0.3) is 5.91 Å². The van der Waals surface area contributed by atoms with Gasteiger partial charge < -0.3 is 24.6 Å². The quantitative estimate of drug-likeness (QED) is 0.535. The molecule has 4 rings (SSSR count). The summed E-state index contributed by atoms with van der Waals surface area (Å²) in [5.41, 5.74) is 2.57. The molecule has 1 aliphatic rings. The van der Waals surface area contributed by atoms with Crippen molar-refractivity contribution in [2.45, 2.75) is 13.3 Å². The van der Waals surface area contributed by atoms with Gasteiger partial charge in [0, 0.05) is 44.3 Å². The molecule has 182 valence electrons. The second kappa shape index (κ2) is 11.3. The van der Waals surface area contributed by atoms with Crippen LogP contribution in [0.4, 0.5) is 11.6 Å². The van der Waals surface area contributed by atoms with Crippen LogP contribution in [-0.4, -0.2) is 66.6 Å². The number of methoxy groups -OCH3 is 1. The summed E-state index contributed by atoms with van der Waals surface area (Å²) >= 11 is 0. The molecule has 0 saturated carbocycles. The molecule has 0 bridgehead atoms. The smallest absolute Gasteiger partial charge is 0.262 e. The lowest BCUT2D eigenvalue weighted by molar-refractivity contribution is -0.130. The number of benzene rings is 2. The van der Waals surface area contributed by atoms with Crippen LogP contribution in [0.15, 0.2) is 60.9 Å². The SMILES string of the molecule is COc1cc(C)ccc1OCC(=O)Nc1ccc(CC(=O)N2CCN(c3ncccn3)CC2)cc1. The number of ether oxygens (including phenoxy) is 2. The van der Waals surface area contributed by atoms with E-state index in [1.165, 1.54) is 0 Å². The number of nitrogens with zero attached hydrogens (tertiary/aromatic N) is 4. The maximum Gasteiger partial charge on any atom is 0.262 e. The number of aromatic nitrogens is 2. The summed E-state index contributed by atoms with van der Waals surface area (Å²) in [5.74, 6) is 1.59. The highest BCUT2D eigenvalue weighted by atomic mass is 16.5. The predicted molar refractivity (Wildman–Crippen MR) is 133 cm³/mol. The van der Waals surface area contributed by atoms with Crippen molar-refractivity contribution in [3.05, 3.63) is 72.1 Å². The fourth-order valence-electron chi connectivity index (χ4n) is 3.84. The first kappa shape index (κ1) is 24.0. The zero-order chi connectivity index (χ0) is 24.6. The Labute approximate surface area is 204 Å². The van der Waals surface area contributed by atoms with E-state index < -0.39 is 0 Å². The van der Waals surface area contributed by atoms with Crippen molar-refractivity contribution < 1.29 is 19.1 Å². The molecule has 9 nitrogen and oxygen atoms in total. The number of aryl methyl sites for hydroxylation is 1. The largest absolute Gasteiger partial charge is 0.493 e. The predicted octanol–water partition coefficient (Wildman–Crippen LogP) is 2.70. The third-order valence-electron chi connectivity index (χ3n) is 5.74. The number of amides is 2. The van der Waals surface area contributed by atoms with Gasteiger partial charge in [-0.15, -0.1) is 0 Å². The van der Waals surface area contributed by atoms with Gasteiger partial charge in [0.15, 0.2) is 18.1 Å². The Hall–Kier alpha value is -4.14. The topological polar surface area (TPSA) is 96.9 Å². The molecule has 2 amide bonds. The Morgan fingerprint density at radius 1 is 0.971 bits per heavy atom. The van der Waals surface area contributed by atoms with Crippen LogP contribution in [0.5, 0.6) is 11.5 Å². The first-order valence-electron chi connectivity index (χ1n) is 11.5. The average Bonchev–Trinajstić information content (AvgIpc) is 2.89. The van der Waals surface area contributed by atoms with E-state index in [9.17, 15) is 9.59 Å². The molecule has 3 aromatic rings. The van der Waals surface area contributed by atoms with Gasteiger partial charge >= 0.3 is 0 Å². The van der Waals surface area contributed by atoms with Crippen molar-refractivity contribution >= 4 is 23.5 Å². The van der Waals surface area contributed by atoms with E-state index >= 15 is 0 Å². The maximum atomic E-state index is 12.7. The molecule has 1 fully saturated rings. The number of hydrogen-bond acceptors (Lipinski definition) is 7. The van der Waals surface area contributed by atoms with Gasteiger partial charge in [0.2, 0.25) is 11.9 Å². The number of carbonyl (C=O) groups is 2. The molecule has 2 heterocycles. The van der Waals surface area contributed by atoms with Gasteiger partial charge in [0.1, 0.15) is 0 Å². The molecule has 1 aliphatic heterocycles. The molecule has 2 aromatic carbocycles. The minimum Gasteiger partial charge on any atom is -0.493 e. The Morgan fingerprint density at radius 3 is 2.37 bits per heavy atom. The van der Waals surface area contributed by atoms with Crippen LogP contribution >= 0.6 is 0 Å². The molecule has 0 radical (unpaired) electrons. The summed E-state index contributed by atoms with van der Waals surface area (Å²) in [6.07, 6.45) is 3.76. The third-order valence-corrected chi connectivity index (χ3v) is 5.74. The molecule has 0 unspecified atom stereocenters. The third kappa shape index (κ3) is 6.47. The van der Waals surface area contributed by atoms with Crippen LogP contribution in [-0.2, 0) is 16.0 Å². The Morgan fingerprint density at radius 2 is 1.69 bits per heavy atom. The molecule has 0 atom stereocenters. The van der Waals surface area contributed by atoms with E-state index in [0.29, 0.717) is 55.7 Å². The summed E-state index contributed by atoms with van der Waals surface area (Å²) in [5, 5.41) is 2.81. The van der Waals surface area contributed by atoms with Gasteiger partial charge in [-0.3, -0.25) is 9.59 Å². The summed E-state index contributed by atoms with van der Waals surface area (Å²) in [4.78, 5) is 37.5. The zero-order valence-corrected chi connectivity index (χ0v) is 19.9. The molecule has 9 heteroatoms. The fraction of sp³-hybridized carbons (Fsp3) is 0.308. The number of rotatable bonds is 8. The molecule has 1 saturated heterocycles. The fourth-order valence-corrected chi connectivity index (χ4v) is 3.84. The molecule has 35 heavy (non-hydrogen) atoms. The van der Waals surface area contributed by atoms with Crippen molar-refractivity contribution in [1.29, 1.82) is 0 Å². The zero-order valence-electron chi connectivity index (χ0n) is 19.9. The first-order valence-corrected chi connectivity index (χ1v) is 11.5. The minimum absolute atomic E-state index is 0.0795. The van der Waals surface area contributed by atoms with Crippen molar-refractivity contribution in [2.75, 3.05) is 50.1 Å². The Kier molecular flexibility index (Phi) is 7.77. The van der Waals surface area contributed by atoms with Crippen molar-refractivity contribution in [3.63, 3.8) is 0 Å².